The number of hydrogen-bond acceptors (Lipinski definition) is 7. The highest BCUT2D eigenvalue weighted by atomic mass is 32.2. The van der Waals surface area contributed by atoms with Gasteiger partial charge >= 0.3 is 0 Å². The van der Waals surface area contributed by atoms with E-state index in [4.69, 9.17) is 14.2 Å². The predicted octanol–water partition coefficient (Wildman–Crippen LogP) is 1.50. The minimum atomic E-state index is -3.92. The summed E-state index contributed by atoms with van der Waals surface area (Å²) in [6.45, 7) is 1.53. The summed E-state index contributed by atoms with van der Waals surface area (Å²) < 4.78 is 42.2. The number of likely N-dealkylation sites (N-methyl/N-ethyl adjacent to an activating group) is 1. The van der Waals surface area contributed by atoms with Gasteiger partial charge in [0.1, 0.15) is 10.6 Å². The average molecular weight is 419 g/mol. The molecule has 0 unspecified atom stereocenters. The molecule has 0 fully saturated rings. The predicted molar refractivity (Wildman–Crippen MR) is 106 cm³/mol. The van der Waals surface area contributed by atoms with Crippen molar-refractivity contribution in [1.82, 2.24) is 9.73 Å². The maximum atomic E-state index is 12.8. The molecule has 10 heteroatoms. The van der Waals surface area contributed by atoms with Crippen molar-refractivity contribution >= 4 is 22.1 Å². The number of aryl methyl sites for hydroxylation is 1. The molecule has 0 radical (unpaired) electrons. The molecule has 9 nitrogen and oxygen atoms in total. The summed E-state index contributed by atoms with van der Waals surface area (Å²) in [6.07, 6.45) is 1.43. The number of ether oxygens (including phenoxy) is 3. The number of hydrogen-bond donors (Lipinski definition) is 1. The van der Waals surface area contributed by atoms with Crippen molar-refractivity contribution in [2.45, 2.75) is 11.8 Å². The summed E-state index contributed by atoms with van der Waals surface area (Å²) in [7, 11) is -1.21. The van der Waals surface area contributed by atoms with Crippen LogP contribution in [-0.2, 0) is 14.8 Å². The van der Waals surface area contributed by atoms with Crippen molar-refractivity contribution in [3.63, 3.8) is 0 Å². The molecule has 2 aromatic carbocycles. The van der Waals surface area contributed by atoms with Crippen molar-refractivity contribution < 1.29 is 27.4 Å². The van der Waals surface area contributed by atoms with E-state index in [1.165, 1.54) is 26.4 Å². The van der Waals surface area contributed by atoms with E-state index in [0.29, 0.717) is 17.1 Å². The number of nitrogens with zero attached hydrogens (tertiary/aromatic N) is 2. The van der Waals surface area contributed by atoms with Crippen LogP contribution in [0.3, 0.4) is 0 Å². The van der Waals surface area contributed by atoms with E-state index in [2.05, 4.69) is 10.5 Å². The topological polar surface area (TPSA) is 107 Å². The third kappa shape index (κ3) is 4.66. The fraction of sp³-hybridized carbons (Fsp3) is 0.263. The van der Waals surface area contributed by atoms with Crippen LogP contribution >= 0.6 is 0 Å². The fourth-order valence-electron chi connectivity index (χ4n) is 2.65. The van der Waals surface area contributed by atoms with Gasteiger partial charge in [0.2, 0.25) is 16.8 Å². The third-order valence-corrected chi connectivity index (χ3v) is 6.00. The first-order chi connectivity index (χ1) is 13.8. The zero-order valence-corrected chi connectivity index (χ0v) is 17.0. The van der Waals surface area contributed by atoms with Crippen molar-refractivity contribution in [2.75, 3.05) is 27.5 Å². The van der Waals surface area contributed by atoms with Crippen molar-refractivity contribution in [2.24, 2.45) is 5.10 Å². The fourth-order valence-corrected chi connectivity index (χ4v) is 4.01. The molecule has 0 saturated carbocycles. The van der Waals surface area contributed by atoms with E-state index in [1.54, 1.807) is 37.3 Å². The summed E-state index contributed by atoms with van der Waals surface area (Å²) in [5.74, 6) is 0.867. The van der Waals surface area contributed by atoms with E-state index < -0.39 is 22.5 Å². The van der Waals surface area contributed by atoms with E-state index >= 15 is 0 Å². The number of amides is 1. The van der Waals surface area contributed by atoms with Gasteiger partial charge in [0.05, 0.1) is 19.9 Å². The lowest BCUT2D eigenvalue weighted by Crippen LogP contribution is -2.36. The molecule has 0 bridgehead atoms. The molecule has 0 spiro atoms. The number of carbonyl (C=O) groups is 1. The smallest absolute Gasteiger partial charge is 0.255 e. The number of sulfonamides is 1. The maximum Gasteiger partial charge on any atom is 0.255 e. The molecule has 0 saturated heterocycles. The third-order valence-electron chi connectivity index (χ3n) is 4.17. The molecule has 2 aromatic rings. The first kappa shape index (κ1) is 20.6. The molecule has 1 N–H and O–H groups in total. The summed E-state index contributed by atoms with van der Waals surface area (Å²) in [6, 6.07) is 10.0. The first-order valence-electron chi connectivity index (χ1n) is 8.64. The number of carbonyl (C=O) groups excluding carboxylic acids is 1. The Kier molecular flexibility index (Phi) is 6.04. The van der Waals surface area contributed by atoms with Crippen LogP contribution in [-0.4, -0.2) is 52.3 Å². The standard InChI is InChI=1S/C19H21N3O6S/c1-13-4-6-16(26-3)18(8-13)29(24,25)22(2)11-19(23)21-20-10-14-5-7-15-17(9-14)28-12-27-15/h4-10H,11-12H2,1-3H3,(H,21,23)/b20-10-. The number of fused-ring (bicyclic) bond motifs is 1. The Bertz CT molecular complexity index is 1050. The number of hydrazone groups is 1. The van der Waals surface area contributed by atoms with Gasteiger partial charge in [0, 0.05) is 7.05 Å². The van der Waals surface area contributed by atoms with Crippen LogP contribution in [0.2, 0.25) is 0 Å². The van der Waals surface area contributed by atoms with Gasteiger partial charge in [-0.1, -0.05) is 6.07 Å². The number of rotatable bonds is 7. The van der Waals surface area contributed by atoms with E-state index in [-0.39, 0.29) is 17.4 Å². The minimum Gasteiger partial charge on any atom is -0.495 e. The Morgan fingerprint density at radius 3 is 2.76 bits per heavy atom. The molecule has 0 aliphatic carbocycles. The van der Waals surface area contributed by atoms with Crippen LogP contribution in [0, 0.1) is 6.92 Å². The second-order valence-corrected chi connectivity index (χ2v) is 8.33. The summed E-state index contributed by atoms with van der Waals surface area (Å²) in [5.41, 5.74) is 3.77. The van der Waals surface area contributed by atoms with E-state index in [0.717, 1.165) is 9.87 Å². The van der Waals surface area contributed by atoms with Crippen molar-refractivity contribution in [3.05, 3.63) is 47.5 Å². The Labute approximate surface area is 168 Å². The van der Waals surface area contributed by atoms with Gasteiger partial charge in [0.25, 0.3) is 5.91 Å². The highest BCUT2D eigenvalue weighted by Gasteiger charge is 2.26. The Morgan fingerprint density at radius 2 is 2.00 bits per heavy atom. The second kappa shape index (κ2) is 8.50. The molecule has 0 atom stereocenters. The van der Waals surface area contributed by atoms with Crippen LogP contribution in [0.5, 0.6) is 17.2 Å². The number of nitrogens with one attached hydrogen (secondary N) is 1. The summed E-state index contributed by atoms with van der Waals surface area (Å²) in [4.78, 5) is 12.1. The molecular formula is C19H21N3O6S. The van der Waals surface area contributed by atoms with Crippen LogP contribution in [0.15, 0.2) is 46.4 Å². The lowest BCUT2D eigenvalue weighted by Gasteiger charge is -2.18. The van der Waals surface area contributed by atoms with Gasteiger partial charge < -0.3 is 14.2 Å². The molecule has 0 aromatic heterocycles. The van der Waals surface area contributed by atoms with Gasteiger partial charge in [-0.25, -0.2) is 13.8 Å². The van der Waals surface area contributed by atoms with Gasteiger partial charge in [-0.05, 0) is 48.4 Å². The molecule has 1 aliphatic rings. The lowest BCUT2D eigenvalue weighted by molar-refractivity contribution is -0.121. The van der Waals surface area contributed by atoms with Crippen molar-refractivity contribution in [3.8, 4) is 17.2 Å². The second-order valence-electron chi connectivity index (χ2n) is 6.32. The number of benzene rings is 2. The van der Waals surface area contributed by atoms with Crippen LogP contribution in [0.25, 0.3) is 0 Å². The highest BCUT2D eigenvalue weighted by Crippen LogP contribution is 2.32. The largest absolute Gasteiger partial charge is 0.495 e. The van der Waals surface area contributed by atoms with E-state index in [9.17, 15) is 13.2 Å². The highest BCUT2D eigenvalue weighted by molar-refractivity contribution is 7.89. The Morgan fingerprint density at radius 1 is 1.24 bits per heavy atom. The van der Waals surface area contributed by atoms with Gasteiger partial charge in [-0.3, -0.25) is 4.79 Å². The first-order valence-corrected chi connectivity index (χ1v) is 10.1. The molecule has 3 rings (SSSR count). The summed E-state index contributed by atoms with van der Waals surface area (Å²) in [5, 5.41) is 3.86. The molecule has 1 amide bonds. The molecule has 154 valence electrons. The molecule has 1 heterocycles. The van der Waals surface area contributed by atoms with Crippen LogP contribution in [0.4, 0.5) is 0 Å². The van der Waals surface area contributed by atoms with Gasteiger partial charge in [0.15, 0.2) is 11.5 Å². The average Bonchev–Trinajstić information content (AvgIpc) is 3.15. The normalized spacial score (nSPS) is 13.1. The number of methoxy groups -OCH3 is 1. The van der Waals surface area contributed by atoms with Crippen molar-refractivity contribution in [1.29, 1.82) is 0 Å². The Balaban J connectivity index is 1.63. The molecule has 29 heavy (non-hydrogen) atoms. The van der Waals surface area contributed by atoms with E-state index in [1.807, 2.05) is 0 Å². The van der Waals surface area contributed by atoms with Crippen LogP contribution in [0.1, 0.15) is 11.1 Å². The Hall–Kier alpha value is -3.11. The molecular weight excluding hydrogens is 398 g/mol. The SMILES string of the molecule is COc1ccc(C)cc1S(=O)(=O)N(C)CC(=O)N/N=C\c1ccc2c(c1)OCO2. The summed E-state index contributed by atoms with van der Waals surface area (Å²) >= 11 is 0. The lowest BCUT2D eigenvalue weighted by atomic mass is 10.2. The minimum absolute atomic E-state index is 0.000777. The molecule has 1 aliphatic heterocycles. The maximum absolute atomic E-state index is 12.8. The zero-order chi connectivity index (χ0) is 21.0. The van der Waals surface area contributed by atoms with Gasteiger partial charge in [-0.2, -0.15) is 9.41 Å². The monoisotopic (exact) mass is 419 g/mol. The zero-order valence-electron chi connectivity index (χ0n) is 16.2. The quantitative estimate of drug-likeness (QED) is 0.539. The van der Waals surface area contributed by atoms with Crippen LogP contribution < -0.4 is 19.6 Å². The van der Waals surface area contributed by atoms with Gasteiger partial charge in [-0.15, -0.1) is 0 Å².